The zero-order chi connectivity index (χ0) is 19.3. The Morgan fingerprint density at radius 1 is 1.26 bits per heavy atom. The van der Waals surface area contributed by atoms with Crippen LogP contribution in [0.15, 0.2) is 35.7 Å². The van der Waals surface area contributed by atoms with Crippen molar-refractivity contribution in [3.63, 3.8) is 0 Å². The number of carbonyl (C=O) groups is 2. The molecule has 1 heterocycles. The van der Waals surface area contributed by atoms with Crippen molar-refractivity contribution in [2.45, 2.75) is 37.5 Å². The predicted molar refractivity (Wildman–Crippen MR) is 105 cm³/mol. The van der Waals surface area contributed by atoms with Crippen molar-refractivity contribution in [1.29, 1.82) is 5.26 Å². The van der Waals surface area contributed by atoms with Crippen molar-refractivity contribution in [1.82, 2.24) is 0 Å². The molecule has 0 unspecified atom stereocenters. The number of anilines is 1. The first-order chi connectivity index (χ1) is 13.0. The fourth-order valence-electron chi connectivity index (χ4n) is 3.48. The number of esters is 1. The normalized spacial score (nSPS) is 15.6. The molecule has 27 heavy (non-hydrogen) atoms. The molecular formula is C20H19ClN2O3S. The molecule has 1 N–H and O–H groups in total. The Morgan fingerprint density at radius 2 is 2.04 bits per heavy atom. The number of nitriles is 1. The van der Waals surface area contributed by atoms with E-state index >= 15 is 0 Å². The number of carbonyl (C=O) groups excluding carboxylic acids is 2. The summed E-state index contributed by atoms with van der Waals surface area (Å²) in [5, 5.41) is 14.4. The second-order valence-corrected chi connectivity index (χ2v) is 7.91. The van der Waals surface area contributed by atoms with Crippen LogP contribution in [0.4, 0.5) is 5.00 Å². The molecule has 2 aromatic rings. The number of hydrogen-bond donors (Lipinski definition) is 1. The SMILES string of the molecule is N#Cc1ccsc1NC(=O)COC(=O)C1(c2cccc(Cl)c2)CCCCC1. The standard InChI is InChI=1S/C20H19ClN2O3S/c21-16-6-4-5-15(11-16)20(8-2-1-3-9-20)19(25)26-13-17(24)23-18-14(12-22)7-10-27-18/h4-7,10-11H,1-3,8-9,13H2,(H,23,24). The summed E-state index contributed by atoms with van der Waals surface area (Å²) in [5.41, 5.74) is 0.469. The third-order valence-corrected chi connectivity index (χ3v) is 5.91. The molecule has 1 aliphatic rings. The van der Waals surface area contributed by atoms with Gasteiger partial charge in [-0.05, 0) is 42.0 Å². The van der Waals surface area contributed by atoms with Crippen LogP contribution in [0.2, 0.25) is 5.02 Å². The Bertz CT molecular complexity index is 881. The van der Waals surface area contributed by atoms with Gasteiger partial charge in [0.1, 0.15) is 11.1 Å². The number of nitrogens with zero attached hydrogens (tertiary/aromatic N) is 1. The minimum Gasteiger partial charge on any atom is -0.455 e. The molecule has 5 nitrogen and oxygen atoms in total. The van der Waals surface area contributed by atoms with Gasteiger partial charge < -0.3 is 10.1 Å². The number of halogens is 1. The van der Waals surface area contributed by atoms with Gasteiger partial charge in [-0.2, -0.15) is 5.26 Å². The highest BCUT2D eigenvalue weighted by molar-refractivity contribution is 7.14. The van der Waals surface area contributed by atoms with Crippen molar-refractivity contribution in [3.05, 3.63) is 51.9 Å². The van der Waals surface area contributed by atoms with Crippen LogP contribution < -0.4 is 5.32 Å². The van der Waals surface area contributed by atoms with Gasteiger partial charge in [0.05, 0.1) is 11.0 Å². The minimum absolute atomic E-state index is 0.385. The molecule has 3 rings (SSSR count). The molecule has 1 fully saturated rings. The Balaban J connectivity index is 1.70. The molecule has 1 saturated carbocycles. The molecule has 0 saturated heterocycles. The van der Waals surface area contributed by atoms with Crippen molar-refractivity contribution in [2.24, 2.45) is 0 Å². The fraction of sp³-hybridized carbons (Fsp3) is 0.350. The lowest BCUT2D eigenvalue weighted by Crippen LogP contribution is -2.40. The van der Waals surface area contributed by atoms with Gasteiger partial charge in [-0.25, -0.2) is 0 Å². The van der Waals surface area contributed by atoms with E-state index in [2.05, 4.69) is 5.32 Å². The van der Waals surface area contributed by atoms with Gasteiger partial charge in [0.25, 0.3) is 5.91 Å². The second kappa shape index (κ2) is 8.55. The number of hydrogen-bond acceptors (Lipinski definition) is 5. The van der Waals surface area contributed by atoms with Gasteiger partial charge in [-0.3, -0.25) is 9.59 Å². The van der Waals surface area contributed by atoms with E-state index in [0.29, 0.717) is 28.4 Å². The van der Waals surface area contributed by atoms with Gasteiger partial charge in [0, 0.05) is 5.02 Å². The summed E-state index contributed by atoms with van der Waals surface area (Å²) in [4.78, 5) is 25.1. The van der Waals surface area contributed by atoms with E-state index in [1.807, 2.05) is 18.2 Å². The highest BCUT2D eigenvalue weighted by Gasteiger charge is 2.43. The van der Waals surface area contributed by atoms with Crippen LogP contribution in [0.3, 0.4) is 0 Å². The molecule has 1 amide bonds. The van der Waals surface area contributed by atoms with Crippen molar-refractivity contribution in [2.75, 3.05) is 11.9 Å². The molecule has 0 aliphatic heterocycles. The van der Waals surface area contributed by atoms with E-state index in [4.69, 9.17) is 21.6 Å². The van der Waals surface area contributed by atoms with Crippen LogP contribution in [-0.4, -0.2) is 18.5 Å². The average Bonchev–Trinajstić information content (AvgIpc) is 3.13. The average molecular weight is 403 g/mol. The molecule has 1 aliphatic carbocycles. The first-order valence-corrected chi connectivity index (χ1v) is 10.0. The minimum atomic E-state index is -0.760. The lowest BCUT2D eigenvalue weighted by atomic mass is 9.69. The fourth-order valence-corrected chi connectivity index (χ4v) is 4.42. The lowest BCUT2D eigenvalue weighted by Gasteiger charge is -2.35. The van der Waals surface area contributed by atoms with Crippen LogP contribution >= 0.6 is 22.9 Å². The monoisotopic (exact) mass is 402 g/mol. The molecule has 0 bridgehead atoms. The Hall–Kier alpha value is -2.36. The summed E-state index contributed by atoms with van der Waals surface area (Å²) in [5.74, 6) is -0.856. The molecule has 1 aromatic carbocycles. The molecule has 0 radical (unpaired) electrons. The smallest absolute Gasteiger partial charge is 0.317 e. The van der Waals surface area contributed by atoms with E-state index in [1.165, 1.54) is 11.3 Å². The van der Waals surface area contributed by atoms with E-state index in [1.54, 1.807) is 23.6 Å². The molecule has 7 heteroatoms. The number of ether oxygens (including phenoxy) is 1. The van der Waals surface area contributed by atoms with E-state index < -0.39 is 17.3 Å². The van der Waals surface area contributed by atoms with Crippen LogP contribution in [0.25, 0.3) is 0 Å². The van der Waals surface area contributed by atoms with E-state index in [9.17, 15) is 9.59 Å². The van der Waals surface area contributed by atoms with Crippen molar-refractivity contribution < 1.29 is 14.3 Å². The lowest BCUT2D eigenvalue weighted by molar-refractivity contribution is -0.154. The third kappa shape index (κ3) is 4.32. The topological polar surface area (TPSA) is 79.2 Å². The highest BCUT2D eigenvalue weighted by Crippen LogP contribution is 2.41. The summed E-state index contributed by atoms with van der Waals surface area (Å²) >= 11 is 7.38. The summed E-state index contributed by atoms with van der Waals surface area (Å²) in [6.07, 6.45) is 4.28. The maximum atomic E-state index is 13.0. The maximum absolute atomic E-state index is 13.0. The molecular weight excluding hydrogens is 384 g/mol. The number of amides is 1. The van der Waals surface area contributed by atoms with Crippen LogP contribution in [0.5, 0.6) is 0 Å². The molecule has 140 valence electrons. The van der Waals surface area contributed by atoms with Gasteiger partial charge >= 0.3 is 5.97 Å². The summed E-state index contributed by atoms with van der Waals surface area (Å²) in [6, 6.07) is 10.9. The predicted octanol–water partition coefficient (Wildman–Crippen LogP) is 4.66. The first-order valence-electron chi connectivity index (χ1n) is 8.76. The largest absolute Gasteiger partial charge is 0.455 e. The summed E-state index contributed by atoms with van der Waals surface area (Å²) in [6.45, 7) is -0.385. The van der Waals surface area contributed by atoms with Crippen LogP contribution in [-0.2, 0) is 19.7 Å². The Kier molecular flexibility index (Phi) is 6.15. The first kappa shape index (κ1) is 19.4. The zero-order valence-corrected chi connectivity index (χ0v) is 16.2. The summed E-state index contributed by atoms with van der Waals surface area (Å²) < 4.78 is 5.39. The number of benzene rings is 1. The number of nitrogens with one attached hydrogen (secondary N) is 1. The second-order valence-electron chi connectivity index (χ2n) is 6.55. The van der Waals surface area contributed by atoms with E-state index in [-0.39, 0.29) is 6.61 Å². The maximum Gasteiger partial charge on any atom is 0.317 e. The van der Waals surface area contributed by atoms with Crippen LogP contribution in [0.1, 0.15) is 43.2 Å². The Morgan fingerprint density at radius 3 is 2.74 bits per heavy atom. The Labute approximate surface area is 166 Å². The number of thiophene rings is 1. The quantitative estimate of drug-likeness (QED) is 0.738. The molecule has 1 aromatic heterocycles. The van der Waals surface area contributed by atoms with Gasteiger partial charge in [-0.1, -0.05) is 43.0 Å². The molecule has 0 spiro atoms. The van der Waals surface area contributed by atoms with Crippen LogP contribution in [0, 0.1) is 11.3 Å². The van der Waals surface area contributed by atoms with Crippen molar-refractivity contribution in [3.8, 4) is 6.07 Å². The van der Waals surface area contributed by atoms with Crippen molar-refractivity contribution >= 4 is 39.8 Å². The third-order valence-electron chi connectivity index (χ3n) is 4.85. The number of rotatable bonds is 5. The highest BCUT2D eigenvalue weighted by atomic mass is 35.5. The zero-order valence-electron chi connectivity index (χ0n) is 14.7. The van der Waals surface area contributed by atoms with Gasteiger partial charge in [0.15, 0.2) is 6.61 Å². The molecule has 0 atom stereocenters. The van der Waals surface area contributed by atoms with Gasteiger partial charge in [0.2, 0.25) is 0 Å². The summed E-state index contributed by atoms with van der Waals surface area (Å²) in [7, 11) is 0. The van der Waals surface area contributed by atoms with E-state index in [0.717, 1.165) is 24.8 Å². The van der Waals surface area contributed by atoms with Gasteiger partial charge in [-0.15, -0.1) is 11.3 Å².